The number of pyridine rings is 1. The topological polar surface area (TPSA) is 24.9 Å². The van der Waals surface area contributed by atoms with E-state index in [0.717, 1.165) is 25.0 Å². The summed E-state index contributed by atoms with van der Waals surface area (Å²) in [5.74, 6) is 0. The number of aromatic nitrogens is 1. The minimum absolute atomic E-state index is 0.912. The van der Waals surface area contributed by atoms with Crippen LogP contribution in [0.3, 0.4) is 0 Å². The number of benzene rings is 2. The van der Waals surface area contributed by atoms with Crippen LogP contribution in [0, 0.1) is 13.8 Å². The van der Waals surface area contributed by atoms with Crippen molar-refractivity contribution in [3.63, 3.8) is 0 Å². The molecule has 0 aliphatic carbocycles. The predicted molar refractivity (Wildman–Crippen MR) is 92.1 cm³/mol. The smallest absolute Gasteiger partial charge is 0.0711 e. The lowest BCUT2D eigenvalue weighted by molar-refractivity contribution is 0.634. The highest BCUT2D eigenvalue weighted by molar-refractivity contribution is 5.96. The normalized spacial score (nSPS) is 14.1. The fourth-order valence-corrected chi connectivity index (χ4v) is 3.35. The highest BCUT2D eigenvalue weighted by Crippen LogP contribution is 2.35. The van der Waals surface area contributed by atoms with Crippen LogP contribution in [-0.2, 0) is 13.0 Å². The number of hydrogen-bond acceptors (Lipinski definition) is 2. The van der Waals surface area contributed by atoms with Crippen molar-refractivity contribution >= 4 is 10.9 Å². The van der Waals surface area contributed by atoms with Crippen LogP contribution < -0.4 is 5.32 Å². The second-order valence-electron chi connectivity index (χ2n) is 6.16. The maximum atomic E-state index is 4.90. The molecular formula is C20H20N2. The molecule has 4 rings (SSSR count). The molecule has 0 fully saturated rings. The van der Waals surface area contributed by atoms with E-state index in [-0.39, 0.29) is 0 Å². The van der Waals surface area contributed by atoms with Gasteiger partial charge in [0.1, 0.15) is 0 Å². The molecule has 3 aromatic rings. The van der Waals surface area contributed by atoms with E-state index in [1.165, 1.54) is 38.9 Å². The summed E-state index contributed by atoms with van der Waals surface area (Å²) in [6, 6.07) is 15.3. The molecule has 0 bridgehead atoms. The summed E-state index contributed by atoms with van der Waals surface area (Å²) in [4.78, 5) is 4.90. The zero-order valence-electron chi connectivity index (χ0n) is 13.1. The van der Waals surface area contributed by atoms with E-state index in [1.54, 1.807) is 0 Å². The van der Waals surface area contributed by atoms with Gasteiger partial charge < -0.3 is 5.32 Å². The molecule has 0 radical (unpaired) electrons. The van der Waals surface area contributed by atoms with Crippen LogP contribution in [0.1, 0.15) is 22.4 Å². The van der Waals surface area contributed by atoms with E-state index >= 15 is 0 Å². The maximum absolute atomic E-state index is 4.90. The molecule has 0 spiro atoms. The van der Waals surface area contributed by atoms with E-state index in [0.29, 0.717) is 0 Å². The summed E-state index contributed by atoms with van der Waals surface area (Å²) in [6.45, 7) is 6.29. The highest BCUT2D eigenvalue weighted by atomic mass is 14.9. The molecule has 0 atom stereocenters. The Bertz CT molecular complexity index is 865. The van der Waals surface area contributed by atoms with Gasteiger partial charge in [0.25, 0.3) is 0 Å². The van der Waals surface area contributed by atoms with Crippen LogP contribution in [0.4, 0.5) is 0 Å². The molecule has 1 aromatic heterocycles. The second kappa shape index (κ2) is 5.22. The first-order valence-corrected chi connectivity index (χ1v) is 7.93. The summed E-state index contributed by atoms with van der Waals surface area (Å²) < 4.78 is 0. The molecule has 1 aliphatic heterocycles. The highest BCUT2D eigenvalue weighted by Gasteiger charge is 2.18. The van der Waals surface area contributed by atoms with Crippen LogP contribution in [0.15, 0.2) is 42.5 Å². The van der Waals surface area contributed by atoms with Gasteiger partial charge in [0.2, 0.25) is 0 Å². The average molecular weight is 288 g/mol. The first kappa shape index (κ1) is 13.5. The van der Waals surface area contributed by atoms with Crippen LogP contribution in [0.5, 0.6) is 0 Å². The van der Waals surface area contributed by atoms with Gasteiger partial charge >= 0.3 is 0 Å². The number of para-hydroxylation sites is 1. The number of fused-ring (bicyclic) bond motifs is 2. The van der Waals surface area contributed by atoms with Crippen molar-refractivity contribution in [2.45, 2.75) is 26.8 Å². The number of rotatable bonds is 1. The molecule has 0 saturated heterocycles. The minimum atomic E-state index is 0.912. The zero-order valence-corrected chi connectivity index (χ0v) is 13.1. The van der Waals surface area contributed by atoms with Crippen molar-refractivity contribution < 1.29 is 0 Å². The van der Waals surface area contributed by atoms with Crippen LogP contribution in [0.2, 0.25) is 0 Å². The van der Waals surface area contributed by atoms with E-state index in [1.807, 2.05) is 0 Å². The third-order valence-electron chi connectivity index (χ3n) is 4.71. The molecule has 22 heavy (non-hydrogen) atoms. The lowest BCUT2D eigenvalue weighted by atomic mass is 9.90. The second-order valence-corrected chi connectivity index (χ2v) is 6.16. The number of aryl methyl sites for hydroxylation is 2. The lowest BCUT2D eigenvalue weighted by Crippen LogP contribution is -2.25. The third kappa shape index (κ3) is 2.11. The fourth-order valence-electron chi connectivity index (χ4n) is 3.35. The molecule has 2 heterocycles. The molecule has 1 aliphatic rings. The van der Waals surface area contributed by atoms with Gasteiger partial charge in [-0.3, -0.25) is 4.98 Å². The molecular weight excluding hydrogens is 268 g/mol. The Morgan fingerprint density at radius 3 is 2.73 bits per heavy atom. The van der Waals surface area contributed by atoms with E-state index < -0.39 is 0 Å². The Hall–Kier alpha value is -2.19. The van der Waals surface area contributed by atoms with E-state index in [9.17, 15) is 0 Å². The summed E-state index contributed by atoms with van der Waals surface area (Å²) in [5.41, 5.74) is 9.08. The molecule has 2 heteroatoms. The molecule has 0 amide bonds. The number of nitrogens with zero attached hydrogens (tertiary/aromatic N) is 1. The Balaban J connectivity index is 2.07. The summed E-state index contributed by atoms with van der Waals surface area (Å²) in [5, 5.41) is 4.76. The molecule has 2 aromatic carbocycles. The number of nitrogens with one attached hydrogen (secondary N) is 1. The van der Waals surface area contributed by atoms with Gasteiger partial charge in [-0.2, -0.15) is 0 Å². The SMILES string of the molecule is Cc1ccc(-c2c3c(nc4ccccc24)CCNC3)cc1C. The van der Waals surface area contributed by atoms with Crippen molar-refractivity contribution in [3.8, 4) is 11.1 Å². The maximum Gasteiger partial charge on any atom is 0.0711 e. The molecule has 0 saturated carbocycles. The molecule has 110 valence electrons. The third-order valence-corrected chi connectivity index (χ3v) is 4.71. The Morgan fingerprint density at radius 1 is 1.00 bits per heavy atom. The average Bonchev–Trinajstić information content (AvgIpc) is 2.55. The Morgan fingerprint density at radius 2 is 1.86 bits per heavy atom. The Kier molecular flexibility index (Phi) is 3.20. The zero-order chi connectivity index (χ0) is 15.1. The summed E-state index contributed by atoms with van der Waals surface area (Å²) >= 11 is 0. The quantitative estimate of drug-likeness (QED) is 0.727. The molecule has 2 nitrogen and oxygen atoms in total. The monoisotopic (exact) mass is 288 g/mol. The van der Waals surface area contributed by atoms with Crippen LogP contribution in [0.25, 0.3) is 22.0 Å². The molecule has 1 N–H and O–H groups in total. The first-order valence-electron chi connectivity index (χ1n) is 7.93. The largest absolute Gasteiger partial charge is 0.312 e. The van der Waals surface area contributed by atoms with Gasteiger partial charge in [-0.1, -0.05) is 36.4 Å². The van der Waals surface area contributed by atoms with Gasteiger partial charge in [0.15, 0.2) is 0 Å². The van der Waals surface area contributed by atoms with Crippen molar-refractivity contribution in [1.82, 2.24) is 10.3 Å². The first-order chi connectivity index (χ1) is 10.7. The summed E-state index contributed by atoms with van der Waals surface area (Å²) in [7, 11) is 0. The van der Waals surface area contributed by atoms with Crippen LogP contribution >= 0.6 is 0 Å². The van der Waals surface area contributed by atoms with Gasteiger partial charge in [-0.15, -0.1) is 0 Å². The van der Waals surface area contributed by atoms with Gasteiger partial charge in [0.05, 0.1) is 5.52 Å². The van der Waals surface area contributed by atoms with Crippen LogP contribution in [-0.4, -0.2) is 11.5 Å². The fraction of sp³-hybridized carbons (Fsp3) is 0.250. The van der Waals surface area contributed by atoms with Crippen molar-refractivity contribution in [3.05, 3.63) is 64.8 Å². The van der Waals surface area contributed by atoms with Gasteiger partial charge in [-0.25, -0.2) is 0 Å². The minimum Gasteiger partial charge on any atom is -0.312 e. The molecule has 0 unspecified atom stereocenters. The lowest BCUT2D eigenvalue weighted by Gasteiger charge is -2.22. The van der Waals surface area contributed by atoms with E-state index in [2.05, 4.69) is 61.6 Å². The van der Waals surface area contributed by atoms with E-state index in [4.69, 9.17) is 4.98 Å². The van der Waals surface area contributed by atoms with Gasteiger partial charge in [0, 0.05) is 30.6 Å². The van der Waals surface area contributed by atoms with Crippen molar-refractivity contribution in [2.24, 2.45) is 0 Å². The summed E-state index contributed by atoms with van der Waals surface area (Å²) in [6.07, 6.45) is 1.01. The standard InChI is InChI=1S/C20H20N2/c1-13-7-8-15(11-14(13)2)20-16-5-3-4-6-18(16)22-19-9-10-21-12-17(19)20/h3-8,11,21H,9-10,12H2,1-2H3. The predicted octanol–water partition coefficient (Wildman–Crippen LogP) is 4.16. The van der Waals surface area contributed by atoms with Gasteiger partial charge in [-0.05, 0) is 47.7 Å². The number of hydrogen-bond donors (Lipinski definition) is 1. The van der Waals surface area contributed by atoms with Crippen molar-refractivity contribution in [1.29, 1.82) is 0 Å². The Labute approximate surface area is 131 Å². The van der Waals surface area contributed by atoms with Crippen molar-refractivity contribution in [2.75, 3.05) is 6.54 Å².